The van der Waals surface area contributed by atoms with Gasteiger partial charge in [-0.05, 0) is 24.3 Å². The van der Waals surface area contributed by atoms with Gasteiger partial charge in [-0.1, -0.05) is 29.8 Å². The maximum absolute atomic E-state index is 12.2. The van der Waals surface area contributed by atoms with Crippen LogP contribution in [0.4, 0.5) is 0 Å². The van der Waals surface area contributed by atoms with E-state index in [0.29, 0.717) is 16.1 Å². The summed E-state index contributed by atoms with van der Waals surface area (Å²) in [4.78, 5) is 4.08. The lowest BCUT2D eigenvalue weighted by atomic mass is 10.2. The fraction of sp³-hybridized carbons (Fsp3) is 0.0714. The summed E-state index contributed by atoms with van der Waals surface area (Å²) >= 11 is 4.39. The summed E-state index contributed by atoms with van der Waals surface area (Å²) in [6.07, 6.45) is 0. The summed E-state index contributed by atoms with van der Waals surface area (Å²) in [6, 6.07) is 11.9. The van der Waals surface area contributed by atoms with Gasteiger partial charge < -0.3 is 14.1 Å². The number of halogens is 1. The van der Waals surface area contributed by atoms with E-state index in [1.54, 1.807) is 36.4 Å². The normalized spacial score (nSPS) is 12.7. The highest BCUT2D eigenvalue weighted by Gasteiger charge is 2.21. The summed E-state index contributed by atoms with van der Waals surface area (Å²) < 4.78 is 17.6. The van der Waals surface area contributed by atoms with Crippen LogP contribution in [0.2, 0.25) is 5.02 Å². The number of hydrogen-bond donors (Lipinski definition) is 1. The van der Waals surface area contributed by atoms with Crippen molar-refractivity contribution in [3.05, 3.63) is 53.1 Å². The number of oxazole rings is 1. The molecule has 3 rings (SSSR count). The standard InChI is InChI=1S/C14H10ClNO3S/c15-10-6-4-9(5-7-10)8-20(18)14-16-13-11(17)2-1-3-12(13)19-14/h1-7,17H,8H2. The van der Waals surface area contributed by atoms with E-state index in [9.17, 15) is 9.66 Å². The van der Waals surface area contributed by atoms with Crippen molar-refractivity contribution in [2.45, 2.75) is 11.0 Å². The van der Waals surface area contributed by atoms with E-state index in [2.05, 4.69) is 4.98 Å². The van der Waals surface area contributed by atoms with E-state index < -0.39 is 11.2 Å². The molecule has 1 aromatic heterocycles. The molecule has 20 heavy (non-hydrogen) atoms. The molecular formula is C14H10ClNO3S. The van der Waals surface area contributed by atoms with E-state index in [-0.39, 0.29) is 16.7 Å². The molecule has 0 saturated heterocycles. The number of para-hydroxylation sites is 1. The number of nitrogens with zero attached hydrogens (tertiary/aromatic N) is 1. The summed E-state index contributed by atoms with van der Waals surface area (Å²) in [5, 5.41) is 10.4. The van der Waals surface area contributed by atoms with Crippen LogP contribution >= 0.6 is 11.6 Å². The van der Waals surface area contributed by atoms with Crippen LogP contribution in [0.1, 0.15) is 5.56 Å². The Hall–Kier alpha value is -1.69. The predicted octanol–water partition coefficient (Wildman–Crippen LogP) is 3.49. The van der Waals surface area contributed by atoms with Gasteiger partial charge in [-0.3, -0.25) is 0 Å². The minimum absolute atomic E-state index is 0.0148. The maximum atomic E-state index is 12.2. The molecule has 2 aromatic carbocycles. The van der Waals surface area contributed by atoms with Gasteiger partial charge in [0.1, 0.15) is 11.5 Å². The van der Waals surface area contributed by atoms with Gasteiger partial charge in [-0.2, -0.15) is 4.98 Å². The first kappa shape index (κ1) is 13.3. The van der Waals surface area contributed by atoms with Crippen molar-refractivity contribution in [2.75, 3.05) is 0 Å². The van der Waals surface area contributed by atoms with E-state index in [0.717, 1.165) is 5.56 Å². The fourth-order valence-corrected chi connectivity index (χ4v) is 2.93. The highest BCUT2D eigenvalue weighted by molar-refractivity contribution is 7.90. The van der Waals surface area contributed by atoms with Crippen molar-refractivity contribution in [1.29, 1.82) is 0 Å². The molecule has 0 spiro atoms. The van der Waals surface area contributed by atoms with Crippen LogP contribution in [0.25, 0.3) is 11.1 Å². The number of rotatable bonds is 3. The smallest absolute Gasteiger partial charge is 0.416 e. The first-order chi connectivity index (χ1) is 9.63. The summed E-state index contributed by atoms with van der Waals surface area (Å²) in [5.41, 5.74) is 1.62. The zero-order valence-electron chi connectivity index (χ0n) is 10.2. The Bertz CT molecular complexity index is 742. The lowest BCUT2D eigenvalue weighted by Gasteiger charge is -2.05. The lowest BCUT2D eigenvalue weighted by Crippen LogP contribution is -2.05. The average Bonchev–Trinajstić information content (AvgIpc) is 2.87. The van der Waals surface area contributed by atoms with E-state index >= 15 is 0 Å². The largest absolute Gasteiger partial charge is 0.607 e. The Kier molecular flexibility index (Phi) is 3.56. The molecular weight excluding hydrogens is 298 g/mol. The number of phenols is 1. The van der Waals surface area contributed by atoms with Gasteiger partial charge in [-0.15, -0.1) is 0 Å². The minimum Gasteiger partial charge on any atom is -0.607 e. The van der Waals surface area contributed by atoms with Crippen molar-refractivity contribution in [3.63, 3.8) is 0 Å². The second kappa shape index (κ2) is 5.36. The van der Waals surface area contributed by atoms with Crippen LogP contribution in [0.5, 0.6) is 5.75 Å². The van der Waals surface area contributed by atoms with Gasteiger partial charge in [0.15, 0.2) is 11.1 Å². The maximum Gasteiger partial charge on any atom is 0.416 e. The van der Waals surface area contributed by atoms with Gasteiger partial charge in [0.05, 0.1) is 11.2 Å². The Morgan fingerprint density at radius 3 is 2.65 bits per heavy atom. The van der Waals surface area contributed by atoms with Gasteiger partial charge >= 0.3 is 5.22 Å². The molecule has 0 saturated carbocycles. The third-order valence-electron chi connectivity index (χ3n) is 2.78. The highest BCUT2D eigenvalue weighted by atomic mass is 35.5. The molecule has 3 aromatic rings. The second-order valence-corrected chi connectivity index (χ2v) is 5.99. The van der Waals surface area contributed by atoms with Crippen molar-refractivity contribution in [3.8, 4) is 5.75 Å². The zero-order valence-corrected chi connectivity index (χ0v) is 11.8. The van der Waals surface area contributed by atoms with Crippen molar-refractivity contribution < 1.29 is 14.1 Å². The number of hydrogen-bond acceptors (Lipinski definition) is 4. The van der Waals surface area contributed by atoms with Gasteiger partial charge in [0.2, 0.25) is 0 Å². The molecule has 1 N–H and O–H groups in total. The number of benzene rings is 2. The Morgan fingerprint density at radius 1 is 1.20 bits per heavy atom. The molecule has 1 unspecified atom stereocenters. The van der Waals surface area contributed by atoms with Crippen molar-refractivity contribution in [2.24, 2.45) is 0 Å². The summed E-state index contributed by atoms with van der Waals surface area (Å²) in [5.74, 6) is 0.297. The number of aromatic nitrogens is 1. The molecule has 0 radical (unpaired) electrons. The SMILES string of the molecule is [O-][S+](Cc1ccc(Cl)cc1)c1nc2c(O)cccc2o1. The predicted molar refractivity (Wildman–Crippen MR) is 77.2 cm³/mol. The van der Waals surface area contributed by atoms with Crippen LogP contribution in [-0.2, 0) is 16.9 Å². The Balaban J connectivity index is 1.86. The molecule has 0 aliphatic heterocycles. The molecule has 6 heteroatoms. The monoisotopic (exact) mass is 307 g/mol. The molecule has 1 atom stereocenters. The zero-order chi connectivity index (χ0) is 14.1. The van der Waals surface area contributed by atoms with Crippen molar-refractivity contribution in [1.82, 2.24) is 4.98 Å². The van der Waals surface area contributed by atoms with Gasteiger partial charge in [-0.25, -0.2) is 0 Å². The molecule has 0 amide bonds. The van der Waals surface area contributed by atoms with E-state index in [4.69, 9.17) is 16.0 Å². The summed E-state index contributed by atoms with van der Waals surface area (Å²) in [7, 11) is 0. The minimum atomic E-state index is -1.41. The number of aromatic hydroxyl groups is 1. The van der Waals surface area contributed by atoms with Crippen LogP contribution in [0.3, 0.4) is 0 Å². The third kappa shape index (κ3) is 2.60. The first-order valence-electron chi connectivity index (χ1n) is 5.85. The fourth-order valence-electron chi connectivity index (χ4n) is 1.80. The highest BCUT2D eigenvalue weighted by Crippen LogP contribution is 2.27. The van der Waals surface area contributed by atoms with Crippen LogP contribution in [0.15, 0.2) is 52.1 Å². The molecule has 0 bridgehead atoms. The third-order valence-corrected chi connectivity index (χ3v) is 4.20. The van der Waals surface area contributed by atoms with E-state index in [1.807, 2.05) is 0 Å². The summed E-state index contributed by atoms with van der Waals surface area (Å²) in [6.45, 7) is 0. The molecule has 1 heterocycles. The Morgan fingerprint density at radius 2 is 1.95 bits per heavy atom. The van der Waals surface area contributed by atoms with Crippen molar-refractivity contribution >= 4 is 33.9 Å². The molecule has 0 fully saturated rings. The average molecular weight is 308 g/mol. The van der Waals surface area contributed by atoms with E-state index in [1.165, 1.54) is 6.07 Å². The van der Waals surface area contributed by atoms with Crippen LogP contribution in [-0.4, -0.2) is 14.6 Å². The van der Waals surface area contributed by atoms with Gasteiger partial charge in [0.25, 0.3) is 0 Å². The molecule has 102 valence electrons. The Labute approximate surface area is 123 Å². The topological polar surface area (TPSA) is 69.3 Å². The van der Waals surface area contributed by atoms with Gasteiger partial charge in [0, 0.05) is 10.6 Å². The van der Waals surface area contributed by atoms with Crippen LogP contribution in [0, 0.1) is 0 Å². The molecule has 4 nitrogen and oxygen atoms in total. The van der Waals surface area contributed by atoms with Crippen LogP contribution < -0.4 is 0 Å². The molecule has 0 aliphatic carbocycles. The quantitative estimate of drug-likeness (QED) is 0.752. The second-order valence-electron chi connectivity index (χ2n) is 4.22. The lowest BCUT2D eigenvalue weighted by molar-refractivity contribution is 0.458. The first-order valence-corrected chi connectivity index (χ1v) is 7.54. The number of fused-ring (bicyclic) bond motifs is 1. The number of phenolic OH excluding ortho intramolecular Hbond substituents is 1. The molecule has 0 aliphatic rings.